The highest BCUT2D eigenvalue weighted by molar-refractivity contribution is 5.91. The van der Waals surface area contributed by atoms with Crippen molar-refractivity contribution in [2.24, 2.45) is 5.73 Å². The Labute approximate surface area is 92.0 Å². The molecule has 0 fully saturated rings. The lowest BCUT2D eigenvalue weighted by molar-refractivity contribution is -0.113. The van der Waals surface area contributed by atoms with E-state index in [-0.39, 0.29) is 5.75 Å². The molecule has 0 aliphatic heterocycles. The zero-order valence-corrected chi connectivity index (χ0v) is 8.42. The summed E-state index contributed by atoms with van der Waals surface area (Å²) < 4.78 is 0. The van der Waals surface area contributed by atoms with E-state index in [0.29, 0.717) is 16.6 Å². The molecule has 1 aromatic carbocycles. The first kappa shape index (κ1) is 10.2. The molecule has 1 heterocycles. The van der Waals surface area contributed by atoms with Crippen LogP contribution in [0.5, 0.6) is 5.75 Å². The number of rotatable bonds is 2. The van der Waals surface area contributed by atoms with Gasteiger partial charge in [0.25, 0.3) is 0 Å². The number of nitrogens with two attached hydrogens (primary N) is 1. The molecule has 4 nitrogen and oxygen atoms in total. The Kier molecular flexibility index (Phi) is 2.55. The van der Waals surface area contributed by atoms with Gasteiger partial charge in [0, 0.05) is 17.5 Å². The maximum Gasteiger partial charge on any atom is 0.241 e. The molecule has 80 valence electrons. The Morgan fingerprint density at radius 2 is 2.12 bits per heavy atom. The van der Waals surface area contributed by atoms with Crippen LogP contribution in [0.4, 0.5) is 0 Å². The summed E-state index contributed by atoms with van der Waals surface area (Å²) in [5, 5.41) is 10.4. The predicted molar refractivity (Wildman–Crippen MR) is 61.6 cm³/mol. The van der Waals surface area contributed by atoms with Gasteiger partial charge in [-0.3, -0.25) is 4.79 Å². The van der Waals surface area contributed by atoms with E-state index in [0.717, 1.165) is 0 Å². The lowest BCUT2D eigenvalue weighted by atomic mass is 10.2. The first-order valence-electron chi connectivity index (χ1n) is 4.73. The van der Waals surface area contributed by atoms with Crippen LogP contribution < -0.4 is 5.73 Å². The van der Waals surface area contributed by atoms with E-state index in [1.165, 1.54) is 18.2 Å². The van der Waals surface area contributed by atoms with Crippen molar-refractivity contribution in [2.45, 2.75) is 0 Å². The predicted octanol–water partition coefficient (Wildman–Crippen LogP) is 1.44. The van der Waals surface area contributed by atoms with E-state index in [1.54, 1.807) is 12.1 Å². The summed E-state index contributed by atoms with van der Waals surface area (Å²) in [4.78, 5) is 14.8. The maximum atomic E-state index is 10.6. The first-order valence-corrected chi connectivity index (χ1v) is 4.73. The number of hydrogen-bond donors (Lipinski definition) is 2. The summed E-state index contributed by atoms with van der Waals surface area (Å²) in [6.07, 6.45) is 2.67. The molecule has 1 aromatic heterocycles. The number of para-hydroxylation sites is 1. The highest BCUT2D eigenvalue weighted by atomic mass is 16.3. The van der Waals surface area contributed by atoms with Gasteiger partial charge in [-0.1, -0.05) is 12.1 Å². The lowest BCUT2D eigenvalue weighted by Crippen LogP contribution is -2.05. The van der Waals surface area contributed by atoms with Crippen molar-refractivity contribution in [1.82, 2.24) is 4.98 Å². The molecule has 2 rings (SSSR count). The standard InChI is InChI=1S/C12H10N2O2/c13-12(16)6-5-8-7-11(15)9-3-1-2-4-10(9)14-8/h1-7H,(H2,13,16)(H,14,15). The van der Waals surface area contributed by atoms with Gasteiger partial charge in [-0.05, 0) is 18.2 Å². The van der Waals surface area contributed by atoms with E-state index < -0.39 is 5.91 Å². The quantitative estimate of drug-likeness (QED) is 0.742. The molecule has 0 bridgehead atoms. The fourth-order valence-corrected chi connectivity index (χ4v) is 1.43. The number of aromatic nitrogens is 1. The maximum absolute atomic E-state index is 10.6. The second-order valence-corrected chi connectivity index (χ2v) is 3.32. The summed E-state index contributed by atoms with van der Waals surface area (Å²) in [6, 6.07) is 8.71. The Hall–Kier alpha value is -2.36. The molecule has 0 unspecified atom stereocenters. The van der Waals surface area contributed by atoms with Crippen molar-refractivity contribution in [3.63, 3.8) is 0 Å². The SMILES string of the molecule is NC(=O)C=Cc1cc(O)c2ccccc2n1. The Morgan fingerprint density at radius 3 is 2.88 bits per heavy atom. The van der Waals surface area contributed by atoms with Gasteiger partial charge in [0.05, 0.1) is 11.2 Å². The number of fused-ring (bicyclic) bond motifs is 1. The fourth-order valence-electron chi connectivity index (χ4n) is 1.43. The van der Waals surface area contributed by atoms with Gasteiger partial charge in [0.2, 0.25) is 5.91 Å². The summed E-state index contributed by atoms with van der Waals surface area (Å²) in [5.41, 5.74) is 6.14. The topological polar surface area (TPSA) is 76.2 Å². The van der Waals surface area contributed by atoms with Crippen molar-refractivity contribution >= 4 is 22.9 Å². The highest BCUT2D eigenvalue weighted by Crippen LogP contribution is 2.24. The number of carbonyl (C=O) groups is 1. The third-order valence-corrected chi connectivity index (χ3v) is 2.13. The minimum atomic E-state index is -0.547. The molecular formula is C12H10N2O2. The van der Waals surface area contributed by atoms with Crippen LogP contribution >= 0.6 is 0 Å². The fraction of sp³-hybridized carbons (Fsp3) is 0. The number of pyridine rings is 1. The highest BCUT2D eigenvalue weighted by Gasteiger charge is 2.01. The van der Waals surface area contributed by atoms with E-state index in [9.17, 15) is 9.90 Å². The van der Waals surface area contributed by atoms with Gasteiger partial charge in [0.1, 0.15) is 5.75 Å². The average molecular weight is 214 g/mol. The molecular weight excluding hydrogens is 204 g/mol. The van der Waals surface area contributed by atoms with Crippen LogP contribution in [0.3, 0.4) is 0 Å². The number of primary amides is 1. The number of amides is 1. The first-order chi connectivity index (χ1) is 7.66. The molecule has 1 amide bonds. The number of aromatic hydroxyl groups is 1. The molecule has 0 aliphatic carbocycles. The monoisotopic (exact) mass is 214 g/mol. The number of benzene rings is 1. The molecule has 16 heavy (non-hydrogen) atoms. The van der Waals surface area contributed by atoms with Crippen LogP contribution in [-0.2, 0) is 4.79 Å². The summed E-state index contributed by atoms with van der Waals surface area (Å²) in [5.74, 6) is -0.413. The van der Waals surface area contributed by atoms with Crippen molar-refractivity contribution in [1.29, 1.82) is 0 Å². The summed E-state index contributed by atoms with van der Waals surface area (Å²) >= 11 is 0. The molecule has 0 spiro atoms. The minimum absolute atomic E-state index is 0.134. The zero-order valence-electron chi connectivity index (χ0n) is 8.42. The van der Waals surface area contributed by atoms with Crippen LogP contribution in [0, 0.1) is 0 Å². The number of nitrogens with zero attached hydrogens (tertiary/aromatic N) is 1. The largest absolute Gasteiger partial charge is 0.507 e. The lowest BCUT2D eigenvalue weighted by Gasteiger charge is -2.01. The van der Waals surface area contributed by atoms with E-state index >= 15 is 0 Å². The molecule has 0 atom stereocenters. The number of hydrogen-bond acceptors (Lipinski definition) is 3. The smallest absolute Gasteiger partial charge is 0.241 e. The second kappa shape index (κ2) is 4.02. The molecule has 0 radical (unpaired) electrons. The molecule has 0 saturated heterocycles. The molecule has 0 aliphatic rings. The summed E-state index contributed by atoms with van der Waals surface area (Å²) in [6.45, 7) is 0. The zero-order chi connectivity index (χ0) is 11.5. The van der Waals surface area contributed by atoms with Crippen LogP contribution in [0.25, 0.3) is 17.0 Å². The van der Waals surface area contributed by atoms with Gasteiger partial charge in [-0.2, -0.15) is 0 Å². The average Bonchev–Trinajstić information content (AvgIpc) is 2.26. The number of carbonyl (C=O) groups excluding carboxylic acids is 1. The van der Waals surface area contributed by atoms with Crippen molar-refractivity contribution < 1.29 is 9.90 Å². The van der Waals surface area contributed by atoms with E-state index in [2.05, 4.69) is 4.98 Å². The Balaban J connectivity index is 2.54. The van der Waals surface area contributed by atoms with Crippen LogP contribution in [-0.4, -0.2) is 16.0 Å². The Morgan fingerprint density at radius 1 is 1.38 bits per heavy atom. The van der Waals surface area contributed by atoms with E-state index in [4.69, 9.17) is 5.73 Å². The van der Waals surface area contributed by atoms with Crippen molar-refractivity contribution in [2.75, 3.05) is 0 Å². The Bertz CT molecular complexity index is 576. The summed E-state index contributed by atoms with van der Waals surface area (Å²) in [7, 11) is 0. The van der Waals surface area contributed by atoms with Crippen LogP contribution in [0.1, 0.15) is 5.69 Å². The molecule has 2 aromatic rings. The van der Waals surface area contributed by atoms with Crippen molar-refractivity contribution in [3.05, 3.63) is 42.1 Å². The van der Waals surface area contributed by atoms with E-state index in [1.807, 2.05) is 12.1 Å². The third-order valence-electron chi connectivity index (χ3n) is 2.13. The van der Waals surface area contributed by atoms with Crippen molar-refractivity contribution in [3.8, 4) is 5.75 Å². The molecule has 0 saturated carbocycles. The normalized spacial score (nSPS) is 11.0. The van der Waals surface area contributed by atoms with Gasteiger partial charge in [0.15, 0.2) is 0 Å². The van der Waals surface area contributed by atoms with Gasteiger partial charge in [-0.25, -0.2) is 4.98 Å². The second-order valence-electron chi connectivity index (χ2n) is 3.32. The van der Waals surface area contributed by atoms with Gasteiger partial charge < -0.3 is 10.8 Å². The van der Waals surface area contributed by atoms with Gasteiger partial charge >= 0.3 is 0 Å². The molecule has 3 N–H and O–H groups in total. The van der Waals surface area contributed by atoms with Crippen LogP contribution in [0.15, 0.2) is 36.4 Å². The van der Waals surface area contributed by atoms with Crippen LogP contribution in [0.2, 0.25) is 0 Å². The van der Waals surface area contributed by atoms with Gasteiger partial charge in [-0.15, -0.1) is 0 Å². The minimum Gasteiger partial charge on any atom is -0.507 e. The third kappa shape index (κ3) is 2.00. The molecule has 4 heteroatoms.